The first-order chi connectivity index (χ1) is 16.7. The van der Waals surface area contributed by atoms with E-state index in [9.17, 15) is 18.0 Å². The van der Waals surface area contributed by atoms with E-state index in [0.29, 0.717) is 0 Å². The molecule has 0 saturated heterocycles. The third-order valence-electron chi connectivity index (χ3n) is 4.40. The van der Waals surface area contributed by atoms with Crippen molar-refractivity contribution < 1.29 is 82.2 Å². The Morgan fingerprint density at radius 2 is 1.14 bits per heavy atom. The van der Waals surface area contributed by atoms with Crippen molar-refractivity contribution >= 4 is 44.8 Å². The molecule has 2 unspecified atom stereocenters. The monoisotopic (exact) mass is 671 g/mol. The zero-order chi connectivity index (χ0) is 25.7. The van der Waals surface area contributed by atoms with Crippen LogP contribution >= 0.6 is 17.6 Å². The number of carbonyl (C=O) groups excluding carboxylic acids is 1. The predicted molar refractivity (Wildman–Crippen MR) is 138 cm³/mol. The van der Waals surface area contributed by atoms with Crippen LogP contribution in [0.1, 0.15) is 10.4 Å². The molecule has 0 heterocycles. The molecular formula is C26H23EuF3O4P2. The number of aliphatic hydroxyl groups excluding tert-OH is 1. The van der Waals surface area contributed by atoms with Gasteiger partial charge in [0.1, 0.15) is 0 Å². The quantitative estimate of drug-likeness (QED) is 0.111. The summed E-state index contributed by atoms with van der Waals surface area (Å²) in [5.74, 6) is -2.79. The van der Waals surface area contributed by atoms with Gasteiger partial charge in [0.25, 0.3) is 0 Å². The van der Waals surface area contributed by atoms with E-state index in [1.165, 1.54) is 12.1 Å². The molecule has 0 fully saturated rings. The smallest absolute Gasteiger partial charge is 0.448 e. The number of fused-ring (bicyclic) bond motifs is 1. The minimum absolute atomic E-state index is 0. The average Bonchev–Trinajstić information content (AvgIpc) is 2.89. The van der Waals surface area contributed by atoms with Crippen molar-refractivity contribution in [1.29, 1.82) is 0 Å². The Morgan fingerprint density at radius 1 is 0.694 bits per heavy atom. The zero-order valence-electron chi connectivity index (χ0n) is 18.7. The summed E-state index contributed by atoms with van der Waals surface area (Å²) in [5, 5.41) is 12.4. The average molecular weight is 670 g/mol. The molecule has 3 N–H and O–H groups in total. The summed E-state index contributed by atoms with van der Waals surface area (Å²) >= 11 is 0. The number of alkyl halides is 3. The van der Waals surface area contributed by atoms with E-state index in [1.807, 2.05) is 72.8 Å². The molecule has 1 radical (unpaired) electrons. The number of allylic oxidation sites excluding steroid dienone is 2. The molecule has 189 valence electrons. The topological polar surface area (TPSA) is 77.8 Å². The third kappa shape index (κ3) is 11.7. The van der Waals surface area contributed by atoms with Crippen LogP contribution in [0.5, 0.6) is 0 Å². The molecule has 0 aromatic heterocycles. The summed E-state index contributed by atoms with van der Waals surface area (Å²) in [5.41, 5.74) is 0.0921. The van der Waals surface area contributed by atoms with Gasteiger partial charge in [-0.3, -0.25) is 4.79 Å². The first-order valence-electron chi connectivity index (χ1n) is 10.2. The summed E-state index contributed by atoms with van der Waals surface area (Å²) in [6.07, 6.45) is -4.73. The second kappa shape index (κ2) is 17.1. The summed E-state index contributed by atoms with van der Waals surface area (Å²) in [4.78, 5) is 28.7. The van der Waals surface area contributed by atoms with Crippen molar-refractivity contribution in [1.82, 2.24) is 0 Å². The summed E-state index contributed by atoms with van der Waals surface area (Å²) in [6, 6.07) is 30.8. The van der Waals surface area contributed by atoms with Crippen LogP contribution in [-0.2, 0) is 0 Å². The van der Waals surface area contributed by atoms with Gasteiger partial charge in [-0.25, -0.2) is 0 Å². The molecule has 2 atom stereocenters. The van der Waals surface area contributed by atoms with Crippen LogP contribution in [0.2, 0.25) is 0 Å². The van der Waals surface area contributed by atoms with E-state index < -0.39 is 17.7 Å². The Bertz CT molecular complexity index is 1200. The summed E-state index contributed by atoms with van der Waals surface area (Å²) in [7, 11) is -0.140. The van der Waals surface area contributed by atoms with E-state index in [2.05, 4.69) is 0 Å². The third-order valence-corrected chi connectivity index (χ3v) is 5.58. The Morgan fingerprint density at radius 3 is 1.56 bits per heavy atom. The number of halogens is 3. The van der Waals surface area contributed by atoms with E-state index in [-0.39, 0.29) is 78.6 Å². The second-order valence-electron chi connectivity index (χ2n) is 6.91. The van der Waals surface area contributed by atoms with Crippen molar-refractivity contribution in [2.75, 3.05) is 0 Å². The maximum Gasteiger partial charge on any atom is 0.448 e. The number of ketones is 1. The molecule has 0 amide bonds. The minimum Gasteiger partial charge on any atom is -0.504 e. The van der Waals surface area contributed by atoms with Gasteiger partial charge in [0.2, 0.25) is 5.76 Å². The maximum absolute atomic E-state index is 12.1. The number of aliphatic hydroxyl groups is 1. The van der Waals surface area contributed by atoms with Gasteiger partial charge in [-0.2, -0.15) is 13.2 Å². The van der Waals surface area contributed by atoms with Gasteiger partial charge in [-0.05, 0) is 27.4 Å². The first kappa shape index (κ1) is 32.5. The van der Waals surface area contributed by atoms with Crippen LogP contribution in [0.15, 0.2) is 115 Å². The number of hydrogen-bond acceptors (Lipinski definition) is 4. The molecule has 4 rings (SSSR count). The standard InChI is InChI=1S/C14H9F3O2.2C6H7OP.Eu/c15-14(16,17)13(19)8-12(18)11-6-5-9-3-1-2-4-10(9)7-11;2*7-8-6-4-2-1-3-5-6;/h1-8,19H;2*1-5,7-8H;/b13-8-;;;. The largest absolute Gasteiger partial charge is 0.504 e. The van der Waals surface area contributed by atoms with Crippen molar-refractivity contribution in [2.45, 2.75) is 6.18 Å². The van der Waals surface area contributed by atoms with Crippen molar-refractivity contribution in [3.8, 4) is 0 Å². The molecule has 0 saturated carbocycles. The van der Waals surface area contributed by atoms with E-state index in [1.54, 1.807) is 18.2 Å². The summed E-state index contributed by atoms with van der Waals surface area (Å²) in [6.45, 7) is 0. The summed E-state index contributed by atoms with van der Waals surface area (Å²) < 4.78 is 36.3. The van der Waals surface area contributed by atoms with Gasteiger partial charge in [-0.1, -0.05) is 97.1 Å². The number of rotatable bonds is 4. The molecule has 10 heteroatoms. The Labute approximate surface area is 251 Å². The van der Waals surface area contributed by atoms with Gasteiger partial charge >= 0.3 is 6.18 Å². The van der Waals surface area contributed by atoms with Crippen LogP contribution in [0, 0.1) is 49.4 Å². The van der Waals surface area contributed by atoms with Crippen LogP contribution in [0.3, 0.4) is 0 Å². The van der Waals surface area contributed by atoms with Gasteiger partial charge < -0.3 is 14.9 Å². The predicted octanol–water partition coefficient (Wildman–Crippen LogP) is 5.82. The Hall–Kier alpha value is -1.50. The molecule has 4 aromatic carbocycles. The van der Waals surface area contributed by atoms with Crippen LogP contribution < -0.4 is 10.6 Å². The molecule has 36 heavy (non-hydrogen) atoms. The SMILES string of the molecule is O=C(/C=C(\O)C(F)(F)F)c1ccc2ccccc2c1.OPc1ccccc1.OPc1ccccc1.[Eu]. The molecule has 0 spiro atoms. The van der Waals surface area contributed by atoms with E-state index in [0.717, 1.165) is 21.4 Å². The number of carbonyl (C=O) groups is 1. The van der Waals surface area contributed by atoms with Gasteiger partial charge in [0, 0.05) is 78.6 Å². The van der Waals surface area contributed by atoms with Crippen LogP contribution in [0.25, 0.3) is 10.8 Å². The maximum atomic E-state index is 12.1. The molecule has 0 aliphatic carbocycles. The fourth-order valence-corrected chi connectivity index (χ4v) is 3.34. The fraction of sp³-hybridized carbons (Fsp3) is 0.0385. The molecule has 0 aliphatic rings. The zero-order valence-corrected chi connectivity index (χ0v) is 23.1. The van der Waals surface area contributed by atoms with Gasteiger partial charge in [-0.15, -0.1) is 0 Å². The number of benzene rings is 4. The molecule has 0 aliphatic heterocycles. The molecule has 0 bridgehead atoms. The molecular weight excluding hydrogens is 647 g/mol. The van der Waals surface area contributed by atoms with Crippen molar-refractivity contribution in [2.24, 2.45) is 0 Å². The molecule has 4 nitrogen and oxygen atoms in total. The van der Waals surface area contributed by atoms with Crippen LogP contribution in [-0.4, -0.2) is 26.9 Å². The fourth-order valence-electron chi connectivity index (χ4n) is 2.66. The second-order valence-corrected chi connectivity index (χ2v) is 8.51. The normalized spacial score (nSPS) is 11.4. The van der Waals surface area contributed by atoms with E-state index >= 15 is 0 Å². The first-order valence-corrected chi connectivity index (χ1v) is 12.1. The Kier molecular flexibility index (Phi) is 15.4. The van der Waals surface area contributed by atoms with Crippen molar-refractivity contribution in [3.63, 3.8) is 0 Å². The van der Waals surface area contributed by atoms with Crippen LogP contribution in [0.4, 0.5) is 13.2 Å². The minimum atomic E-state index is -4.91. The van der Waals surface area contributed by atoms with E-state index in [4.69, 9.17) is 14.9 Å². The number of hydrogen-bond donors (Lipinski definition) is 3. The molecule has 4 aromatic rings. The van der Waals surface area contributed by atoms with Crippen molar-refractivity contribution in [3.05, 3.63) is 121 Å². The Balaban J connectivity index is 0.000000315. The van der Waals surface area contributed by atoms with Gasteiger partial charge in [0.15, 0.2) is 5.78 Å². The van der Waals surface area contributed by atoms with Gasteiger partial charge in [0.05, 0.1) is 0 Å².